The van der Waals surface area contributed by atoms with Crippen LogP contribution in [0.15, 0.2) is 12.4 Å². The summed E-state index contributed by atoms with van der Waals surface area (Å²) >= 11 is 0. The number of halogens is 1. The van der Waals surface area contributed by atoms with E-state index in [9.17, 15) is 4.39 Å². The maximum atomic E-state index is 14.6. The molecule has 2 heterocycles. The molecule has 0 aromatic carbocycles. The van der Waals surface area contributed by atoms with Crippen LogP contribution in [0.25, 0.3) is 0 Å². The number of nitrogens with zero attached hydrogens (tertiary/aromatic N) is 1. The summed E-state index contributed by atoms with van der Waals surface area (Å²) in [4.78, 5) is 4.17. The SMILES string of the molecule is CC1(C)OB(c2cncc(CC3CC3)c2F)OC1(C)C. The second kappa shape index (κ2) is 4.53. The summed E-state index contributed by atoms with van der Waals surface area (Å²) in [5, 5.41) is 0. The highest BCUT2D eigenvalue weighted by atomic mass is 19.1. The molecule has 2 fully saturated rings. The lowest BCUT2D eigenvalue weighted by Crippen LogP contribution is -2.41. The van der Waals surface area contributed by atoms with Crippen molar-refractivity contribution in [2.24, 2.45) is 5.92 Å². The normalized spacial score (nSPS) is 24.1. The standard InChI is InChI=1S/C15H21BFNO2/c1-14(2)15(3,4)20-16(19-14)12-9-18-8-11(13(12)17)7-10-5-6-10/h8-10H,5-7H2,1-4H3. The summed E-state index contributed by atoms with van der Waals surface area (Å²) in [6.45, 7) is 7.86. The van der Waals surface area contributed by atoms with E-state index in [2.05, 4.69) is 4.98 Å². The van der Waals surface area contributed by atoms with E-state index in [1.165, 1.54) is 19.0 Å². The van der Waals surface area contributed by atoms with Crippen LogP contribution in [0.2, 0.25) is 0 Å². The predicted octanol–water partition coefficient (Wildman–Crippen LogP) is 2.47. The number of pyridine rings is 1. The van der Waals surface area contributed by atoms with E-state index in [0.717, 1.165) is 6.42 Å². The van der Waals surface area contributed by atoms with Crippen molar-refractivity contribution in [1.82, 2.24) is 4.98 Å². The molecule has 2 aliphatic rings. The van der Waals surface area contributed by atoms with Crippen molar-refractivity contribution < 1.29 is 13.7 Å². The van der Waals surface area contributed by atoms with Crippen molar-refractivity contribution in [2.75, 3.05) is 0 Å². The van der Waals surface area contributed by atoms with Crippen molar-refractivity contribution in [2.45, 2.75) is 58.2 Å². The van der Waals surface area contributed by atoms with Gasteiger partial charge in [-0.05, 0) is 52.9 Å². The maximum Gasteiger partial charge on any atom is 0.499 e. The molecule has 3 nitrogen and oxygen atoms in total. The van der Waals surface area contributed by atoms with Crippen molar-refractivity contribution >= 4 is 12.6 Å². The molecule has 1 saturated heterocycles. The molecule has 0 amide bonds. The number of rotatable bonds is 3. The van der Waals surface area contributed by atoms with Gasteiger partial charge in [0.2, 0.25) is 0 Å². The van der Waals surface area contributed by atoms with E-state index < -0.39 is 18.3 Å². The molecular weight excluding hydrogens is 256 g/mol. The molecule has 0 unspecified atom stereocenters. The van der Waals surface area contributed by atoms with E-state index in [1.807, 2.05) is 27.7 Å². The number of hydrogen-bond acceptors (Lipinski definition) is 3. The van der Waals surface area contributed by atoms with E-state index in [-0.39, 0.29) is 5.82 Å². The third-order valence-corrected chi connectivity index (χ3v) is 4.69. The van der Waals surface area contributed by atoms with Crippen LogP contribution in [0, 0.1) is 11.7 Å². The zero-order chi connectivity index (χ0) is 14.5. The van der Waals surface area contributed by atoms with Gasteiger partial charge in [-0.1, -0.05) is 0 Å². The predicted molar refractivity (Wildman–Crippen MR) is 76.3 cm³/mol. The second-order valence-corrected chi connectivity index (χ2v) is 6.94. The lowest BCUT2D eigenvalue weighted by molar-refractivity contribution is 0.00578. The Bertz CT molecular complexity index is 513. The molecule has 3 rings (SSSR count). The minimum atomic E-state index is -0.674. The van der Waals surface area contributed by atoms with Crippen molar-refractivity contribution in [3.05, 3.63) is 23.8 Å². The first-order valence-electron chi connectivity index (χ1n) is 7.28. The Hall–Kier alpha value is -0.935. The van der Waals surface area contributed by atoms with Gasteiger partial charge in [0, 0.05) is 23.4 Å². The van der Waals surface area contributed by atoms with Gasteiger partial charge in [0.25, 0.3) is 0 Å². The molecule has 108 valence electrons. The van der Waals surface area contributed by atoms with Gasteiger partial charge < -0.3 is 9.31 Å². The van der Waals surface area contributed by atoms with Crippen LogP contribution in [0.5, 0.6) is 0 Å². The third-order valence-electron chi connectivity index (χ3n) is 4.69. The molecule has 5 heteroatoms. The van der Waals surface area contributed by atoms with E-state index in [1.54, 1.807) is 6.20 Å². The van der Waals surface area contributed by atoms with E-state index in [4.69, 9.17) is 9.31 Å². The van der Waals surface area contributed by atoms with Gasteiger partial charge in [0.05, 0.1) is 11.2 Å². The van der Waals surface area contributed by atoms with Crippen LogP contribution in [0.1, 0.15) is 46.1 Å². The second-order valence-electron chi connectivity index (χ2n) is 6.94. The van der Waals surface area contributed by atoms with Gasteiger partial charge in [-0.3, -0.25) is 4.98 Å². The monoisotopic (exact) mass is 277 g/mol. The van der Waals surface area contributed by atoms with Crippen LogP contribution in [0.4, 0.5) is 4.39 Å². The average Bonchev–Trinajstić information content (AvgIpc) is 3.10. The summed E-state index contributed by atoms with van der Waals surface area (Å²) in [5.41, 5.74) is 0.175. The minimum absolute atomic E-state index is 0.217. The van der Waals surface area contributed by atoms with Crippen LogP contribution < -0.4 is 5.46 Å². The Morgan fingerprint density at radius 2 is 1.80 bits per heavy atom. The van der Waals surface area contributed by atoms with Crippen molar-refractivity contribution in [3.8, 4) is 0 Å². The first-order valence-corrected chi connectivity index (χ1v) is 7.28. The fraction of sp³-hybridized carbons (Fsp3) is 0.667. The van der Waals surface area contributed by atoms with Crippen molar-refractivity contribution in [3.63, 3.8) is 0 Å². The largest absolute Gasteiger partial charge is 0.499 e. The number of hydrogen-bond donors (Lipinski definition) is 0. The Morgan fingerprint density at radius 1 is 1.20 bits per heavy atom. The summed E-state index contributed by atoms with van der Waals surface area (Å²) in [6, 6.07) is 0. The summed E-state index contributed by atoms with van der Waals surface area (Å²) in [6.07, 6.45) is 6.31. The van der Waals surface area contributed by atoms with Crippen LogP contribution in [-0.4, -0.2) is 23.3 Å². The first kappa shape index (κ1) is 14.0. The third kappa shape index (κ3) is 2.37. The molecule has 0 atom stereocenters. The van der Waals surface area contributed by atoms with Gasteiger partial charge in [-0.15, -0.1) is 0 Å². The Balaban J connectivity index is 1.87. The summed E-state index contributed by atoms with van der Waals surface area (Å²) in [7, 11) is -0.674. The minimum Gasteiger partial charge on any atom is -0.399 e. The fourth-order valence-electron chi connectivity index (χ4n) is 2.42. The molecule has 0 bridgehead atoms. The van der Waals surface area contributed by atoms with Crippen LogP contribution in [-0.2, 0) is 15.7 Å². The topological polar surface area (TPSA) is 31.4 Å². The summed E-state index contributed by atoms with van der Waals surface area (Å²) < 4.78 is 26.4. The Morgan fingerprint density at radius 3 is 2.35 bits per heavy atom. The molecule has 1 aromatic rings. The smallest absolute Gasteiger partial charge is 0.399 e. The molecule has 1 saturated carbocycles. The molecule has 0 spiro atoms. The van der Waals surface area contributed by atoms with Gasteiger partial charge >= 0.3 is 7.12 Å². The zero-order valence-corrected chi connectivity index (χ0v) is 12.6. The molecule has 1 aromatic heterocycles. The highest BCUT2D eigenvalue weighted by Crippen LogP contribution is 2.37. The van der Waals surface area contributed by atoms with Gasteiger partial charge in [0.15, 0.2) is 0 Å². The molecule has 20 heavy (non-hydrogen) atoms. The summed E-state index contributed by atoms with van der Waals surface area (Å²) in [5.74, 6) is 0.408. The highest BCUT2D eigenvalue weighted by molar-refractivity contribution is 6.62. The molecule has 0 N–H and O–H groups in total. The Kier molecular flexibility index (Phi) is 3.18. The quantitative estimate of drug-likeness (QED) is 0.795. The lowest BCUT2D eigenvalue weighted by Gasteiger charge is -2.32. The molecule has 1 aliphatic carbocycles. The maximum absolute atomic E-state index is 14.6. The van der Waals surface area contributed by atoms with Gasteiger partial charge in [0.1, 0.15) is 5.82 Å². The van der Waals surface area contributed by atoms with Crippen LogP contribution >= 0.6 is 0 Å². The van der Waals surface area contributed by atoms with Crippen LogP contribution in [0.3, 0.4) is 0 Å². The molecule has 1 aliphatic heterocycles. The molecular formula is C15H21BFNO2. The molecule has 0 radical (unpaired) electrons. The highest BCUT2D eigenvalue weighted by Gasteiger charge is 2.52. The number of aromatic nitrogens is 1. The van der Waals surface area contributed by atoms with Crippen molar-refractivity contribution in [1.29, 1.82) is 0 Å². The van der Waals surface area contributed by atoms with Gasteiger partial charge in [-0.2, -0.15) is 0 Å². The van der Waals surface area contributed by atoms with E-state index in [0.29, 0.717) is 16.9 Å². The average molecular weight is 277 g/mol. The Labute approximate surface area is 120 Å². The van der Waals surface area contributed by atoms with E-state index >= 15 is 0 Å². The fourth-order valence-corrected chi connectivity index (χ4v) is 2.42. The lowest BCUT2D eigenvalue weighted by atomic mass is 9.79. The van der Waals surface area contributed by atoms with Gasteiger partial charge in [-0.25, -0.2) is 4.39 Å². The first-order chi connectivity index (χ1) is 9.30. The zero-order valence-electron chi connectivity index (χ0n) is 12.6.